The minimum absolute atomic E-state index is 0.0413. The van der Waals surface area contributed by atoms with Crippen molar-refractivity contribution >= 4 is 16.4 Å². The molecule has 1 saturated heterocycles. The average Bonchev–Trinajstić information content (AvgIpc) is 3.00. The van der Waals surface area contributed by atoms with Gasteiger partial charge in [0.05, 0.1) is 19.8 Å². The van der Waals surface area contributed by atoms with Crippen LogP contribution in [0.15, 0.2) is 0 Å². The molecule has 0 bridgehead atoms. The van der Waals surface area contributed by atoms with Crippen LogP contribution in [0.4, 0.5) is 0 Å². The molecular formula is C32H62O12S. The molecule has 0 amide bonds. The van der Waals surface area contributed by atoms with Crippen LogP contribution in [0.1, 0.15) is 136 Å². The predicted molar refractivity (Wildman–Crippen MR) is 170 cm³/mol. The molecule has 1 aliphatic rings. The molecule has 268 valence electrons. The zero-order chi connectivity index (χ0) is 33.3. The number of hydrogen-bond acceptors (Lipinski definition) is 11. The quantitative estimate of drug-likeness (QED) is 0.0476. The van der Waals surface area contributed by atoms with Gasteiger partial charge < -0.3 is 34.3 Å². The van der Waals surface area contributed by atoms with E-state index in [1.54, 1.807) is 0 Å². The molecule has 6 unspecified atom stereocenters. The third-order valence-corrected chi connectivity index (χ3v) is 8.44. The summed E-state index contributed by atoms with van der Waals surface area (Å²) in [5.41, 5.74) is 0. The van der Waals surface area contributed by atoms with Crippen LogP contribution < -0.4 is 0 Å². The molecule has 13 heteroatoms. The normalized spacial score (nSPS) is 22.8. The summed E-state index contributed by atoms with van der Waals surface area (Å²) in [6.45, 7) is 3.91. The van der Waals surface area contributed by atoms with E-state index in [1.807, 2.05) is 0 Å². The Morgan fingerprint density at radius 2 is 1.27 bits per heavy atom. The van der Waals surface area contributed by atoms with E-state index in [1.165, 1.54) is 70.6 Å². The molecule has 1 fully saturated rings. The van der Waals surface area contributed by atoms with Gasteiger partial charge in [-0.15, -0.1) is 0 Å². The van der Waals surface area contributed by atoms with Gasteiger partial charge in [0.15, 0.2) is 6.29 Å². The summed E-state index contributed by atoms with van der Waals surface area (Å²) in [6.07, 6.45) is 11.7. The third kappa shape index (κ3) is 20.8. The maximum atomic E-state index is 12.6. The van der Waals surface area contributed by atoms with Crippen LogP contribution in [0.3, 0.4) is 0 Å². The van der Waals surface area contributed by atoms with E-state index in [9.17, 15) is 28.5 Å². The van der Waals surface area contributed by atoms with Crippen molar-refractivity contribution in [2.45, 2.75) is 173 Å². The van der Waals surface area contributed by atoms with Crippen molar-refractivity contribution in [3.63, 3.8) is 0 Å². The zero-order valence-corrected chi connectivity index (χ0v) is 28.5. The van der Waals surface area contributed by atoms with Gasteiger partial charge in [-0.05, 0) is 12.8 Å². The molecule has 4 N–H and O–H groups in total. The minimum Gasteiger partial charge on any atom is -0.457 e. The Kier molecular flexibility index (Phi) is 24.4. The Hall–Kier alpha value is -0.900. The van der Waals surface area contributed by atoms with Crippen LogP contribution in [-0.4, -0.2) is 97.5 Å². The topological polar surface area (TPSA) is 178 Å². The maximum absolute atomic E-state index is 12.6. The lowest BCUT2D eigenvalue weighted by molar-refractivity contribution is -0.301. The monoisotopic (exact) mass is 670 g/mol. The number of ether oxygens (including phenoxy) is 4. The van der Waals surface area contributed by atoms with E-state index >= 15 is 0 Å². The van der Waals surface area contributed by atoms with E-state index in [-0.39, 0.29) is 19.6 Å². The van der Waals surface area contributed by atoms with Crippen LogP contribution >= 0.6 is 0 Å². The number of carbonyl (C=O) groups excluding carboxylic acids is 1. The van der Waals surface area contributed by atoms with Gasteiger partial charge in [-0.3, -0.25) is 9.35 Å². The van der Waals surface area contributed by atoms with E-state index in [0.29, 0.717) is 13.0 Å². The lowest BCUT2D eigenvalue weighted by Crippen LogP contribution is -2.60. The zero-order valence-electron chi connectivity index (χ0n) is 27.7. The summed E-state index contributed by atoms with van der Waals surface area (Å²) in [5, 5.41) is 30.3. The van der Waals surface area contributed by atoms with Crippen molar-refractivity contribution < 1.29 is 56.2 Å². The van der Waals surface area contributed by atoms with Gasteiger partial charge in [0.2, 0.25) is 0 Å². The fraction of sp³-hybridized carbons (Fsp3) is 0.969. The number of unbranched alkanes of at least 4 members (excludes halogenated alkanes) is 16. The molecular weight excluding hydrogens is 608 g/mol. The highest BCUT2D eigenvalue weighted by molar-refractivity contribution is 7.80. The molecule has 0 aromatic rings. The van der Waals surface area contributed by atoms with Crippen molar-refractivity contribution in [1.82, 2.24) is 0 Å². The molecule has 0 spiro atoms. The molecule has 45 heavy (non-hydrogen) atoms. The number of rotatable bonds is 29. The lowest BCUT2D eigenvalue weighted by atomic mass is 9.99. The van der Waals surface area contributed by atoms with Crippen molar-refractivity contribution in [2.24, 2.45) is 0 Å². The second-order valence-electron chi connectivity index (χ2n) is 12.1. The van der Waals surface area contributed by atoms with Crippen molar-refractivity contribution in [3.05, 3.63) is 0 Å². The Morgan fingerprint density at radius 3 is 1.78 bits per heavy atom. The molecule has 12 nitrogen and oxygen atoms in total. The molecule has 1 aliphatic heterocycles. The highest BCUT2D eigenvalue weighted by Gasteiger charge is 2.48. The second-order valence-corrected chi connectivity index (χ2v) is 13.2. The van der Waals surface area contributed by atoms with Gasteiger partial charge in [-0.25, -0.2) is 4.18 Å². The molecule has 0 saturated carbocycles. The molecule has 1 rings (SSSR count). The summed E-state index contributed by atoms with van der Waals surface area (Å²) in [4.78, 5) is 12.6. The van der Waals surface area contributed by atoms with E-state index in [2.05, 4.69) is 18.0 Å². The molecule has 0 aromatic carbocycles. The van der Waals surface area contributed by atoms with Crippen LogP contribution in [0.2, 0.25) is 0 Å². The average molecular weight is 671 g/mol. The first-order chi connectivity index (χ1) is 21.6. The second kappa shape index (κ2) is 26.1. The highest BCUT2D eigenvalue weighted by Crippen LogP contribution is 2.26. The Labute approximate surface area is 271 Å². The fourth-order valence-electron chi connectivity index (χ4n) is 5.32. The SMILES string of the molecule is CCCCCCCCCCCCCC(=O)OC(COCCCCCCCCC)COC1OC(CO)C(O)C(OS(=O)(=O)O)C1O. The standard InChI is InChI=1S/C32H62O12S/c1-3-5-7-9-11-12-13-14-15-17-19-21-28(34)42-26(24-40-22-20-18-16-10-8-6-4-2)25-41-32-30(36)31(44-45(37,38)39)29(35)27(23-33)43-32/h26-27,29-33,35-36H,3-25H2,1-2H3,(H,37,38,39). The molecule has 6 atom stereocenters. The first-order valence-electron chi connectivity index (χ1n) is 17.3. The highest BCUT2D eigenvalue weighted by atomic mass is 32.3. The first kappa shape index (κ1) is 42.1. The van der Waals surface area contributed by atoms with Crippen molar-refractivity contribution in [1.29, 1.82) is 0 Å². The molecule has 0 radical (unpaired) electrons. The molecule has 0 aliphatic carbocycles. The Balaban J connectivity index is 2.55. The van der Waals surface area contributed by atoms with Crippen LogP contribution in [0.5, 0.6) is 0 Å². The van der Waals surface area contributed by atoms with Gasteiger partial charge in [0.25, 0.3) is 0 Å². The van der Waals surface area contributed by atoms with E-state index in [4.69, 9.17) is 23.5 Å². The predicted octanol–water partition coefficient (Wildman–Crippen LogP) is 5.01. The van der Waals surface area contributed by atoms with Crippen LogP contribution in [-0.2, 0) is 38.3 Å². The van der Waals surface area contributed by atoms with Gasteiger partial charge in [0, 0.05) is 13.0 Å². The van der Waals surface area contributed by atoms with Gasteiger partial charge in [0.1, 0.15) is 30.5 Å². The van der Waals surface area contributed by atoms with Crippen LogP contribution in [0.25, 0.3) is 0 Å². The van der Waals surface area contributed by atoms with Crippen LogP contribution in [0, 0.1) is 0 Å². The number of aliphatic hydroxyl groups excluding tert-OH is 3. The maximum Gasteiger partial charge on any atom is 0.397 e. The summed E-state index contributed by atoms with van der Waals surface area (Å²) >= 11 is 0. The summed E-state index contributed by atoms with van der Waals surface area (Å²) < 4.78 is 58.4. The fourth-order valence-corrected chi connectivity index (χ4v) is 5.83. The first-order valence-corrected chi connectivity index (χ1v) is 18.7. The van der Waals surface area contributed by atoms with Crippen molar-refractivity contribution in [2.75, 3.05) is 26.4 Å². The van der Waals surface area contributed by atoms with E-state index in [0.717, 1.165) is 38.5 Å². The number of hydrogen-bond donors (Lipinski definition) is 4. The Bertz CT molecular complexity index is 827. The lowest BCUT2D eigenvalue weighted by Gasteiger charge is -2.41. The van der Waals surface area contributed by atoms with Gasteiger partial charge >= 0.3 is 16.4 Å². The number of carbonyl (C=O) groups is 1. The third-order valence-electron chi connectivity index (χ3n) is 7.98. The van der Waals surface area contributed by atoms with Crippen molar-refractivity contribution in [3.8, 4) is 0 Å². The summed E-state index contributed by atoms with van der Waals surface area (Å²) in [7, 11) is -5.04. The smallest absolute Gasteiger partial charge is 0.397 e. The molecule has 1 heterocycles. The van der Waals surface area contributed by atoms with E-state index < -0.39 is 59.8 Å². The largest absolute Gasteiger partial charge is 0.457 e. The number of esters is 1. The van der Waals surface area contributed by atoms with Gasteiger partial charge in [-0.2, -0.15) is 8.42 Å². The Morgan fingerprint density at radius 1 is 0.756 bits per heavy atom. The molecule has 0 aromatic heterocycles. The van der Waals surface area contributed by atoms with Gasteiger partial charge in [-0.1, -0.05) is 117 Å². The number of aliphatic hydroxyl groups is 3. The summed E-state index contributed by atoms with van der Waals surface area (Å²) in [5.74, 6) is -0.402. The summed E-state index contributed by atoms with van der Waals surface area (Å²) in [6, 6.07) is 0. The minimum atomic E-state index is -5.04.